The minimum atomic E-state index is -0.522. The topological polar surface area (TPSA) is 90.4 Å². The summed E-state index contributed by atoms with van der Waals surface area (Å²) in [5.74, 6) is -0.121. The molecule has 0 unspecified atom stereocenters. The van der Waals surface area contributed by atoms with E-state index in [1.54, 1.807) is 24.3 Å². The molecule has 0 saturated carbocycles. The van der Waals surface area contributed by atoms with Crippen LogP contribution in [0, 0.1) is 6.92 Å². The number of likely N-dealkylation sites (tertiary alicyclic amines) is 1. The second-order valence-corrected chi connectivity index (χ2v) is 6.30. The maximum absolute atomic E-state index is 12.5. The van der Waals surface area contributed by atoms with Crippen molar-refractivity contribution in [1.82, 2.24) is 14.7 Å². The first-order valence-corrected chi connectivity index (χ1v) is 8.34. The zero-order valence-corrected chi connectivity index (χ0v) is 14.2. The molecule has 132 valence electrons. The Bertz CT molecular complexity index is 771. The summed E-state index contributed by atoms with van der Waals surface area (Å²) in [7, 11) is 0. The molecule has 1 aromatic heterocycles. The molecule has 0 bridgehead atoms. The fourth-order valence-electron chi connectivity index (χ4n) is 3.10. The second-order valence-electron chi connectivity index (χ2n) is 6.30. The van der Waals surface area contributed by atoms with Crippen molar-refractivity contribution in [3.63, 3.8) is 0 Å². The van der Waals surface area contributed by atoms with Crippen LogP contribution in [0.1, 0.15) is 28.8 Å². The van der Waals surface area contributed by atoms with Gasteiger partial charge in [-0.15, -0.1) is 0 Å². The van der Waals surface area contributed by atoms with Gasteiger partial charge in [-0.2, -0.15) is 5.10 Å². The van der Waals surface area contributed by atoms with Crippen LogP contribution in [0.4, 0.5) is 0 Å². The zero-order valence-electron chi connectivity index (χ0n) is 14.2. The molecule has 1 saturated heterocycles. The standard InChI is InChI=1S/C18H22N4O3/c1-13-9-20-21(10-13)11-15-5-3-7-22(15)17(23)12-25-16-6-2-4-14(8-16)18(19)24/h2,4,6,8-10,15H,3,5,7,11-12H2,1H3,(H2,19,24)/t15-/m1/s1. The molecule has 3 rings (SSSR count). The Kier molecular flexibility index (Phi) is 5.02. The first kappa shape index (κ1) is 17.0. The van der Waals surface area contributed by atoms with Crippen molar-refractivity contribution in [2.24, 2.45) is 5.73 Å². The van der Waals surface area contributed by atoms with Crippen molar-refractivity contribution >= 4 is 11.8 Å². The molecule has 0 radical (unpaired) electrons. The predicted octanol–water partition coefficient (Wildman–Crippen LogP) is 1.36. The molecule has 1 aromatic carbocycles. The van der Waals surface area contributed by atoms with Crippen LogP contribution in [-0.2, 0) is 11.3 Å². The normalized spacial score (nSPS) is 16.8. The number of aryl methyl sites for hydroxylation is 1. The summed E-state index contributed by atoms with van der Waals surface area (Å²) in [5, 5.41) is 4.30. The molecular weight excluding hydrogens is 320 g/mol. The van der Waals surface area contributed by atoms with Crippen LogP contribution in [0.3, 0.4) is 0 Å². The van der Waals surface area contributed by atoms with Gasteiger partial charge in [-0.05, 0) is 43.5 Å². The largest absolute Gasteiger partial charge is 0.484 e. The molecule has 0 spiro atoms. The van der Waals surface area contributed by atoms with Crippen LogP contribution >= 0.6 is 0 Å². The van der Waals surface area contributed by atoms with Crippen LogP contribution in [0.2, 0.25) is 0 Å². The van der Waals surface area contributed by atoms with Gasteiger partial charge in [0.2, 0.25) is 5.91 Å². The third kappa shape index (κ3) is 4.17. The van der Waals surface area contributed by atoms with E-state index in [0.717, 1.165) is 24.9 Å². The van der Waals surface area contributed by atoms with E-state index in [9.17, 15) is 9.59 Å². The number of amides is 2. The number of nitrogens with two attached hydrogens (primary N) is 1. The molecule has 7 nitrogen and oxygen atoms in total. The first-order valence-electron chi connectivity index (χ1n) is 8.34. The highest BCUT2D eigenvalue weighted by atomic mass is 16.5. The van der Waals surface area contributed by atoms with Crippen LogP contribution in [0.5, 0.6) is 5.75 Å². The summed E-state index contributed by atoms with van der Waals surface area (Å²) >= 11 is 0. The summed E-state index contributed by atoms with van der Waals surface area (Å²) < 4.78 is 7.43. The number of hydrogen-bond acceptors (Lipinski definition) is 4. The first-order chi connectivity index (χ1) is 12.0. The Morgan fingerprint density at radius 2 is 2.24 bits per heavy atom. The maximum atomic E-state index is 12.5. The van der Waals surface area contributed by atoms with Gasteiger partial charge in [-0.1, -0.05) is 6.07 Å². The minimum absolute atomic E-state index is 0.0587. The quantitative estimate of drug-likeness (QED) is 0.858. The van der Waals surface area contributed by atoms with Crippen molar-refractivity contribution in [2.75, 3.05) is 13.2 Å². The lowest BCUT2D eigenvalue weighted by molar-refractivity contribution is -0.134. The van der Waals surface area contributed by atoms with Gasteiger partial charge in [0, 0.05) is 18.3 Å². The van der Waals surface area contributed by atoms with Crippen molar-refractivity contribution in [3.8, 4) is 5.75 Å². The molecule has 2 aromatic rings. The molecule has 1 atom stereocenters. The second kappa shape index (κ2) is 7.38. The van der Waals surface area contributed by atoms with Crippen molar-refractivity contribution in [2.45, 2.75) is 32.4 Å². The van der Waals surface area contributed by atoms with Crippen molar-refractivity contribution < 1.29 is 14.3 Å². The molecule has 0 aliphatic carbocycles. The van der Waals surface area contributed by atoms with Gasteiger partial charge < -0.3 is 15.4 Å². The number of ether oxygens (including phenoxy) is 1. The van der Waals surface area contributed by atoms with E-state index in [4.69, 9.17) is 10.5 Å². The average molecular weight is 342 g/mol. The summed E-state index contributed by atoms with van der Waals surface area (Å²) in [4.78, 5) is 25.6. The Morgan fingerprint density at radius 3 is 2.96 bits per heavy atom. The number of hydrogen-bond donors (Lipinski definition) is 1. The lowest BCUT2D eigenvalue weighted by Gasteiger charge is -2.24. The highest BCUT2D eigenvalue weighted by molar-refractivity contribution is 5.93. The van der Waals surface area contributed by atoms with E-state index in [1.807, 2.05) is 28.9 Å². The summed E-state index contributed by atoms with van der Waals surface area (Å²) in [5.41, 5.74) is 6.72. The Morgan fingerprint density at radius 1 is 1.40 bits per heavy atom. The van der Waals surface area contributed by atoms with Crippen LogP contribution in [-0.4, -0.2) is 45.7 Å². The molecule has 2 N–H and O–H groups in total. The SMILES string of the molecule is Cc1cnn(C[C@H]2CCCN2C(=O)COc2cccc(C(N)=O)c2)c1. The molecule has 1 aliphatic heterocycles. The number of carbonyl (C=O) groups excluding carboxylic acids is 2. The number of rotatable bonds is 6. The van der Waals surface area contributed by atoms with Gasteiger partial charge in [0.15, 0.2) is 6.61 Å². The fraction of sp³-hybridized carbons (Fsp3) is 0.389. The third-order valence-corrected chi connectivity index (χ3v) is 4.34. The molecule has 7 heteroatoms. The molecule has 1 fully saturated rings. The number of benzene rings is 1. The van der Waals surface area contributed by atoms with Gasteiger partial charge in [0.1, 0.15) is 5.75 Å². The van der Waals surface area contributed by atoms with Gasteiger partial charge in [0.25, 0.3) is 5.91 Å². The van der Waals surface area contributed by atoms with Crippen molar-refractivity contribution in [3.05, 3.63) is 47.8 Å². The summed E-state index contributed by atoms with van der Waals surface area (Å²) in [6.07, 6.45) is 5.73. The Labute approximate surface area is 146 Å². The van der Waals surface area contributed by atoms with E-state index < -0.39 is 5.91 Å². The highest BCUT2D eigenvalue weighted by Gasteiger charge is 2.29. The molecule has 2 heterocycles. The number of aromatic nitrogens is 2. The number of primary amides is 1. The number of carbonyl (C=O) groups is 2. The average Bonchev–Trinajstić information content (AvgIpc) is 3.22. The van der Waals surface area contributed by atoms with E-state index >= 15 is 0 Å². The van der Waals surface area contributed by atoms with Crippen LogP contribution < -0.4 is 10.5 Å². The maximum Gasteiger partial charge on any atom is 0.260 e. The zero-order chi connectivity index (χ0) is 17.8. The molecule has 25 heavy (non-hydrogen) atoms. The lowest BCUT2D eigenvalue weighted by atomic mass is 10.2. The fourth-order valence-corrected chi connectivity index (χ4v) is 3.10. The third-order valence-electron chi connectivity index (χ3n) is 4.34. The summed E-state index contributed by atoms with van der Waals surface area (Å²) in [6, 6.07) is 6.67. The highest BCUT2D eigenvalue weighted by Crippen LogP contribution is 2.20. The van der Waals surface area contributed by atoms with E-state index in [-0.39, 0.29) is 18.6 Å². The van der Waals surface area contributed by atoms with Gasteiger partial charge in [-0.25, -0.2) is 0 Å². The number of nitrogens with zero attached hydrogens (tertiary/aromatic N) is 3. The van der Waals surface area contributed by atoms with Gasteiger partial charge >= 0.3 is 0 Å². The van der Waals surface area contributed by atoms with E-state index in [0.29, 0.717) is 17.9 Å². The van der Waals surface area contributed by atoms with Gasteiger partial charge in [0.05, 0.1) is 18.8 Å². The summed E-state index contributed by atoms with van der Waals surface area (Å²) in [6.45, 7) is 3.36. The van der Waals surface area contributed by atoms with Crippen LogP contribution in [0.15, 0.2) is 36.7 Å². The predicted molar refractivity (Wildman–Crippen MR) is 92.2 cm³/mol. The van der Waals surface area contributed by atoms with Crippen LogP contribution in [0.25, 0.3) is 0 Å². The molecule has 1 aliphatic rings. The molecular formula is C18H22N4O3. The smallest absolute Gasteiger partial charge is 0.260 e. The van der Waals surface area contributed by atoms with Crippen molar-refractivity contribution in [1.29, 1.82) is 0 Å². The monoisotopic (exact) mass is 342 g/mol. The Balaban J connectivity index is 1.58. The Hall–Kier alpha value is -2.83. The minimum Gasteiger partial charge on any atom is -0.484 e. The lowest BCUT2D eigenvalue weighted by Crippen LogP contribution is -2.40. The van der Waals surface area contributed by atoms with E-state index in [2.05, 4.69) is 5.10 Å². The van der Waals surface area contributed by atoms with Gasteiger partial charge in [-0.3, -0.25) is 14.3 Å². The molecule has 2 amide bonds. The van der Waals surface area contributed by atoms with E-state index in [1.165, 1.54) is 0 Å².